The van der Waals surface area contributed by atoms with Crippen LogP contribution < -0.4 is 10.5 Å². The van der Waals surface area contributed by atoms with Crippen molar-refractivity contribution in [3.05, 3.63) is 41.5 Å². The summed E-state index contributed by atoms with van der Waals surface area (Å²) < 4.78 is 10.4. The van der Waals surface area contributed by atoms with Gasteiger partial charge in [-0.1, -0.05) is 23.4 Å². The monoisotopic (exact) mass is 263 g/mol. The lowest BCUT2D eigenvalue weighted by molar-refractivity contribution is 0.259. The third-order valence-electron chi connectivity index (χ3n) is 2.78. The Bertz CT molecular complexity index is 527. The van der Waals surface area contributed by atoms with Crippen molar-refractivity contribution in [1.29, 1.82) is 0 Å². The van der Waals surface area contributed by atoms with Crippen LogP contribution in [-0.2, 0) is 6.42 Å². The van der Waals surface area contributed by atoms with Crippen LogP contribution in [0.3, 0.4) is 0 Å². The third-order valence-corrected chi connectivity index (χ3v) is 2.78. The summed E-state index contributed by atoms with van der Waals surface area (Å²) in [5.74, 6) is 1.68. The predicted molar refractivity (Wildman–Crippen MR) is 68.7 cm³/mol. The fourth-order valence-electron chi connectivity index (χ4n) is 1.77. The average Bonchev–Trinajstić information content (AvgIpc) is 2.88. The zero-order valence-corrected chi connectivity index (χ0v) is 10.7. The largest absolute Gasteiger partial charge is 0.496 e. The van der Waals surface area contributed by atoms with Crippen LogP contribution in [0.1, 0.15) is 29.7 Å². The molecule has 0 radical (unpaired) electrons. The Kier molecular flexibility index (Phi) is 4.48. The lowest BCUT2D eigenvalue weighted by Gasteiger charge is -2.05. The molecule has 19 heavy (non-hydrogen) atoms. The van der Waals surface area contributed by atoms with E-state index < -0.39 is 6.04 Å². The van der Waals surface area contributed by atoms with Gasteiger partial charge in [0.25, 0.3) is 0 Å². The molecule has 0 saturated carbocycles. The van der Waals surface area contributed by atoms with Crippen molar-refractivity contribution in [1.82, 2.24) is 10.1 Å². The number of aromatic nitrogens is 2. The minimum absolute atomic E-state index is 0.00854. The van der Waals surface area contributed by atoms with Crippen molar-refractivity contribution in [2.24, 2.45) is 5.73 Å². The number of hydrogen-bond acceptors (Lipinski definition) is 6. The Morgan fingerprint density at radius 2 is 2.21 bits per heavy atom. The van der Waals surface area contributed by atoms with Crippen LogP contribution >= 0.6 is 0 Å². The first-order valence-electron chi connectivity index (χ1n) is 6.05. The van der Waals surface area contributed by atoms with Gasteiger partial charge in [0.05, 0.1) is 13.2 Å². The van der Waals surface area contributed by atoms with Gasteiger partial charge in [-0.15, -0.1) is 0 Å². The standard InChI is InChI=1S/C13H17N3O3/c1-18-11-5-3-2-4-9(11)8-12-15-13(19-16-12)10(14)6-7-17/h2-5,10,17H,6-8,14H2,1H3. The second-order valence-corrected chi connectivity index (χ2v) is 4.16. The van der Waals surface area contributed by atoms with Gasteiger partial charge in [0.15, 0.2) is 5.82 Å². The Hall–Kier alpha value is -1.92. The van der Waals surface area contributed by atoms with Gasteiger partial charge < -0.3 is 20.1 Å². The number of nitrogens with two attached hydrogens (primary N) is 1. The molecule has 0 fully saturated rings. The topological polar surface area (TPSA) is 94.4 Å². The molecule has 102 valence electrons. The minimum Gasteiger partial charge on any atom is -0.496 e. The molecule has 3 N–H and O–H groups in total. The van der Waals surface area contributed by atoms with Gasteiger partial charge >= 0.3 is 0 Å². The summed E-state index contributed by atoms with van der Waals surface area (Å²) in [5, 5.41) is 12.7. The van der Waals surface area contributed by atoms with E-state index in [2.05, 4.69) is 10.1 Å². The highest BCUT2D eigenvalue weighted by molar-refractivity contribution is 5.35. The van der Waals surface area contributed by atoms with Crippen molar-refractivity contribution >= 4 is 0 Å². The first kappa shape index (κ1) is 13.5. The van der Waals surface area contributed by atoms with E-state index in [-0.39, 0.29) is 6.61 Å². The van der Waals surface area contributed by atoms with E-state index in [9.17, 15) is 0 Å². The summed E-state index contributed by atoms with van der Waals surface area (Å²) in [5.41, 5.74) is 6.77. The van der Waals surface area contributed by atoms with Gasteiger partial charge in [0.2, 0.25) is 5.89 Å². The van der Waals surface area contributed by atoms with Crippen molar-refractivity contribution in [2.75, 3.05) is 13.7 Å². The molecule has 1 unspecified atom stereocenters. The van der Waals surface area contributed by atoms with Gasteiger partial charge in [-0.25, -0.2) is 0 Å². The van der Waals surface area contributed by atoms with E-state index in [0.717, 1.165) is 11.3 Å². The molecule has 6 nitrogen and oxygen atoms in total. The Labute approximate surface area is 111 Å². The number of para-hydroxylation sites is 1. The molecule has 1 atom stereocenters. The number of methoxy groups -OCH3 is 1. The van der Waals surface area contributed by atoms with Crippen molar-refractivity contribution in [2.45, 2.75) is 18.9 Å². The van der Waals surface area contributed by atoms with E-state index in [1.54, 1.807) is 7.11 Å². The molecule has 1 aromatic carbocycles. The van der Waals surface area contributed by atoms with Crippen LogP contribution in [0.25, 0.3) is 0 Å². The van der Waals surface area contributed by atoms with Crippen molar-refractivity contribution < 1.29 is 14.4 Å². The maximum atomic E-state index is 8.82. The van der Waals surface area contributed by atoms with Gasteiger partial charge in [0, 0.05) is 18.6 Å². The summed E-state index contributed by atoms with van der Waals surface area (Å²) in [6, 6.07) is 7.23. The molecule has 2 rings (SSSR count). The highest BCUT2D eigenvalue weighted by Crippen LogP contribution is 2.20. The first-order valence-corrected chi connectivity index (χ1v) is 6.05. The Morgan fingerprint density at radius 1 is 1.42 bits per heavy atom. The van der Waals surface area contributed by atoms with E-state index in [1.807, 2.05) is 24.3 Å². The summed E-state index contributed by atoms with van der Waals surface area (Å²) in [6.07, 6.45) is 0.912. The number of ether oxygens (including phenoxy) is 1. The molecule has 1 heterocycles. The van der Waals surface area contributed by atoms with Crippen molar-refractivity contribution in [3.8, 4) is 5.75 Å². The van der Waals surface area contributed by atoms with Crippen LogP contribution in [0.5, 0.6) is 5.75 Å². The summed E-state index contributed by atoms with van der Waals surface area (Å²) in [4.78, 5) is 4.23. The van der Waals surface area contributed by atoms with Crippen LogP contribution in [0.15, 0.2) is 28.8 Å². The number of aliphatic hydroxyl groups is 1. The van der Waals surface area contributed by atoms with Crippen LogP contribution in [0.2, 0.25) is 0 Å². The molecule has 6 heteroatoms. The number of benzene rings is 1. The second kappa shape index (κ2) is 6.31. The molecule has 1 aromatic heterocycles. The van der Waals surface area contributed by atoms with Crippen LogP contribution in [-0.4, -0.2) is 29.0 Å². The smallest absolute Gasteiger partial charge is 0.243 e. The third kappa shape index (κ3) is 3.30. The molecule has 0 aliphatic heterocycles. The average molecular weight is 263 g/mol. The molecule has 0 aliphatic rings. The van der Waals surface area contributed by atoms with Crippen molar-refractivity contribution in [3.63, 3.8) is 0 Å². The normalized spacial score (nSPS) is 12.4. The lowest BCUT2D eigenvalue weighted by atomic mass is 10.1. The number of rotatable bonds is 6. The fraction of sp³-hybridized carbons (Fsp3) is 0.385. The van der Waals surface area contributed by atoms with E-state index in [0.29, 0.717) is 24.6 Å². The zero-order valence-electron chi connectivity index (χ0n) is 10.7. The van der Waals surface area contributed by atoms with E-state index >= 15 is 0 Å². The summed E-state index contributed by atoms with van der Waals surface area (Å²) in [7, 11) is 1.62. The second-order valence-electron chi connectivity index (χ2n) is 4.16. The van der Waals surface area contributed by atoms with E-state index in [4.69, 9.17) is 20.1 Å². The molecule has 2 aromatic rings. The fourth-order valence-corrected chi connectivity index (χ4v) is 1.77. The molecule has 0 bridgehead atoms. The molecule has 0 aliphatic carbocycles. The maximum absolute atomic E-state index is 8.82. The lowest BCUT2D eigenvalue weighted by Crippen LogP contribution is -2.12. The van der Waals surface area contributed by atoms with Crippen LogP contribution in [0.4, 0.5) is 0 Å². The SMILES string of the molecule is COc1ccccc1Cc1noc(C(N)CCO)n1. The quantitative estimate of drug-likeness (QED) is 0.809. The number of nitrogens with zero attached hydrogens (tertiary/aromatic N) is 2. The predicted octanol–water partition coefficient (Wildman–Crippen LogP) is 1.05. The van der Waals surface area contributed by atoms with Gasteiger partial charge in [-0.2, -0.15) is 4.98 Å². The maximum Gasteiger partial charge on any atom is 0.243 e. The molecule has 0 saturated heterocycles. The number of aliphatic hydroxyl groups excluding tert-OH is 1. The minimum atomic E-state index is -0.427. The zero-order chi connectivity index (χ0) is 13.7. The highest BCUT2D eigenvalue weighted by Gasteiger charge is 2.15. The first-order chi connectivity index (χ1) is 9.24. The van der Waals surface area contributed by atoms with Gasteiger partial charge in [0.1, 0.15) is 5.75 Å². The highest BCUT2D eigenvalue weighted by atomic mass is 16.5. The molecule has 0 amide bonds. The Morgan fingerprint density at radius 3 is 2.95 bits per heavy atom. The molecular weight excluding hydrogens is 246 g/mol. The van der Waals surface area contributed by atoms with Gasteiger partial charge in [-0.05, 0) is 12.5 Å². The molecular formula is C13H17N3O3. The summed E-state index contributed by atoms with van der Waals surface area (Å²) >= 11 is 0. The van der Waals surface area contributed by atoms with E-state index in [1.165, 1.54) is 0 Å². The summed E-state index contributed by atoms with van der Waals surface area (Å²) in [6.45, 7) is -0.00854. The Balaban J connectivity index is 2.11. The van der Waals surface area contributed by atoms with Gasteiger partial charge in [-0.3, -0.25) is 0 Å². The number of hydrogen-bond donors (Lipinski definition) is 2. The molecule has 0 spiro atoms. The van der Waals surface area contributed by atoms with Crippen LogP contribution in [0, 0.1) is 0 Å².